The van der Waals surface area contributed by atoms with Crippen molar-refractivity contribution < 1.29 is 0 Å². The molecule has 0 aromatic heterocycles. The van der Waals surface area contributed by atoms with Crippen LogP contribution in [0, 0.1) is 29.1 Å². The van der Waals surface area contributed by atoms with Crippen LogP contribution < -0.4 is 5.32 Å². The average molecular weight is 474 g/mol. The molecule has 9 rings (SSSR count). The Morgan fingerprint density at radius 2 is 1.46 bits per heavy atom. The lowest BCUT2D eigenvalue weighted by atomic mass is 9.38. The van der Waals surface area contributed by atoms with E-state index in [1.54, 1.807) is 11.1 Å². The Labute approximate surface area is 211 Å². The van der Waals surface area contributed by atoms with Gasteiger partial charge in [0.2, 0.25) is 0 Å². The van der Waals surface area contributed by atoms with Crippen molar-refractivity contribution in [1.29, 1.82) is 0 Å². The molecule has 1 nitrogen and oxygen atoms in total. The van der Waals surface area contributed by atoms with Gasteiger partial charge >= 0.3 is 0 Å². The average Bonchev–Trinajstić information content (AvgIpc) is 3.41. The fraction of sp³-hybridized carbons (Fsp3) is 0.333. The maximum absolute atomic E-state index is 6.88. The van der Waals surface area contributed by atoms with E-state index in [9.17, 15) is 0 Å². The van der Waals surface area contributed by atoms with Crippen molar-refractivity contribution in [2.45, 2.75) is 37.5 Å². The number of anilines is 2. The minimum absolute atomic E-state index is 0.223. The smallest absolute Gasteiger partial charge is 0.0719 e. The first-order valence-electron chi connectivity index (χ1n) is 13.4. The predicted molar refractivity (Wildman–Crippen MR) is 144 cm³/mol. The summed E-state index contributed by atoms with van der Waals surface area (Å²) in [6.45, 7) is 0. The molecule has 4 unspecified atom stereocenters. The summed E-state index contributed by atoms with van der Waals surface area (Å²) in [6, 6.07) is 29.1. The topological polar surface area (TPSA) is 12.0 Å². The van der Waals surface area contributed by atoms with Crippen molar-refractivity contribution in [3.63, 3.8) is 0 Å². The molecule has 4 fully saturated rings. The van der Waals surface area contributed by atoms with Crippen molar-refractivity contribution in [2.24, 2.45) is 29.1 Å². The molecule has 172 valence electrons. The molecule has 4 aromatic rings. The molecule has 1 N–H and O–H groups in total. The van der Waals surface area contributed by atoms with Gasteiger partial charge in [0.15, 0.2) is 0 Å². The molecule has 5 aliphatic carbocycles. The van der Waals surface area contributed by atoms with Crippen LogP contribution in [-0.2, 0) is 5.41 Å². The van der Waals surface area contributed by atoms with Crippen LogP contribution in [0.1, 0.15) is 43.2 Å². The zero-order chi connectivity index (χ0) is 22.9. The zero-order valence-electron chi connectivity index (χ0n) is 19.7. The van der Waals surface area contributed by atoms with Crippen LogP contribution in [0.15, 0.2) is 78.9 Å². The van der Waals surface area contributed by atoms with Crippen molar-refractivity contribution >= 4 is 33.7 Å². The summed E-state index contributed by atoms with van der Waals surface area (Å²) in [7, 11) is 0. The first kappa shape index (κ1) is 19.4. The van der Waals surface area contributed by atoms with Gasteiger partial charge in [0, 0.05) is 16.5 Å². The Morgan fingerprint density at radius 3 is 2.31 bits per heavy atom. The third-order valence-corrected chi connectivity index (χ3v) is 11.3. The quantitative estimate of drug-likeness (QED) is 0.306. The first-order chi connectivity index (χ1) is 17.2. The molecular formula is C33H28ClN. The highest BCUT2D eigenvalue weighted by molar-refractivity contribution is 6.38. The minimum Gasteiger partial charge on any atom is -0.354 e. The largest absolute Gasteiger partial charge is 0.354 e. The third kappa shape index (κ3) is 2.16. The summed E-state index contributed by atoms with van der Waals surface area (Å²) in [6.07, 6.45) is 7.39. The zero-order valence-corrected chi connectivity index (χ0v) is 20.5. The van der Waals surface area contributed by atoms with Crippen LogP contribution in [0.25, 0.3) is 21.9 Å². The Bertz CT molecular complexity index is 1540. The van der Waals surface area contributed by atoms with Crippen LogP contribution in [0.5, 0.6) is 0 Å². The second-order valence-corrected chi connectivity index (χ2v) is 12.5. The van der Waals surface area contributed by atoms with E-state index in [4.69, 9.17) is 11.6 Å². The molecule has 0 amide bonds. The SMILES string of the molecule is Clc1c(Nc2ccc3c(c2)C2(c4ccccc4-3)C3CC4CC5CC2C3(C4)C5)ccc2ccccc12. The molecule has 4 atom stereocenters. The standard InChI is InChI=1S/C33H28ClN/c34-31-23-6-2-1-5-21(23)9-12-28(31)35-22-10-11-25-24-7-3-4-8-26(24)33(27(25)16-22)29-14-19-13-20-15-30(33)32(29,17-19)18-20/h1-12,16,19-20,29-30,35H,13-15,17-18H2. The van der Waals surface area contributed by atoms with Crippen LogP contribution >= 0.6 is 11.6 Å². The van der Waals surface area contributed by atoms with Crippen LogP contribution in [-0.4, -0.2) is 0 Å². The van der Waals surface area contributed by atoms with Crippen molar-refractivity contribution in [1.82, 2.24) is 0 Å². The van der Waals surface area contributed by atoms with Gasteiger partial charge in [-0.25, -0.2) is 0 Å². The summed E-state index contributed by atoms with van der Waals surface area (Å²) in [5, 5.41) is 6.79. The van der Waals surface area contributed by atoms with Gasteiger partial charge in [-0.2, -0.15) is 0 Å². The van der Waals surface area contributed by atoms with E-state index in [-0.39, 0.29) is 5.41 Å². The summed E-state index contributed by atoms with van der Waals surface area (Å²) in [5.74, 6) is 3.58. The number of nitrogens with one attached hydrogen (secondary N) is 1. The molecule has 0 aliphatic heterocycles. The number of halogens is 1. The molecule has 0 radical (unpaired) electrons. The van der Waals surface area contributed by atoms with E-state index in [2.05, 4.69) is 84.2 Å². The second kappa shape index (κ2) is 6.31. The Balaban J connectivity index is 1.21. The van der Waals surface area contributed by atoms with Gasteiger partial charge in [-0.15, -0.1) is 0 Å². The number of fused-ring (bicyclic) bond motifs is 10. The molecule has 2 spiro atoms. The number of hydrogen-bond acceptors (Lipinski definition) is 1. The van der Waals surface area contributed by atoms with E-state index in [0.29, 0.717) is 5.41 Å². The van der Waals surface area contributed by atoms with E-state index < -0.39 is 0 Å². The Kier molecular flexibility index (Phi) is 3.50. The molecule has 5 aliphatic rings. The van der Waals surface area contributed by atoms with Gasteiger partial charge in [-0.1, -0.05) is 72.3 Å². The third-order valence-electron chi connectivity index (χ3n) is 10.9. The van der Waals surface area contributed by atoms with Gasteiger partial charge in [0.05, 0.1) is 10.7 Å². The number of benzene rings is 4. The van der Waals surface area contributed by atoms with Gasteiger partial charge in [0.1, 0.15) is 0 Å². The lowest BCUT2D eigenvalue weighted by Gasteiger charge is -2.64. The maximum Gasteiger partial charge on any atom is 0.0719 e. The lowest BCUT2D eigenvalue weighted by Crippen LogP contribution is -2.62. The summed E-state index contributed by atoms with van der Waals surface area (Å²) < 4.78 is 0. The Hall–Kier alpha value is -2.77. The van der Waals surface area contributed by atoms with E-state index in [1.807, 2.05) is 0 Å². The van der Waals surface area contributed by atoms with Gasteiger partial charge in [-0.3, -0.25) is 0 Å². The van der Waals surface area contributed by atoms with Gasteiger partial charge in [-0.05, 0) is 107 Å². The molecule has 0 heterocycles. The van der Waals surface area contributed by atoms with Crippen molar-refractivity contribution in [3.05, 3.63) is 95.0 Å². The highest BCUT2D eigenvalue weighted by Crippen LogP contribution is 2.85. The number of hydrogen-bond donors (Lipinski definition) is 1. The highest BCUT2D eigenvalue weighted by Gasteiger charge is 2.79. The van der Waals surface area contributed by atoms with Crippen LogP contribution in [0.2, 0.25) is 5.02 Å². The monoisotopic (exact) mass is 473 g/mol. The predicted octanol–water partition coefficient (Wildman–Crippen LogP) is 8.96. The maximum atomic E-state index is 6.88. The van der Waals surface area contributed by atoms with E-state index in [1.165, 1.54) is 48.6 Å². The van der Waals surface area contributed by atoms with Crippen molar-refractivity contribution in [3.8, 4) is 11.1 Å². The molecule has 4 aromatic carbocycles. The fourth-order valence-corrected chi connectivity index (χ4v) is 10.5. The molecule has 0 saturated heterocycles. The summed E-state index contributed by atoms with van der Waals surface area (Å²) >= 11 is 6.88. The molecule has 4 saturated carbocycles. The first-order valence-corrected chi connectivity index (χ1v) is 13.7. The van der Waals surface area contributed by atoms with Crippen LogP contribution in [0.4, 0.5) is 11.4 Å². The second-order valence-electron chi connectivity index (χ2n) is 12.1. The number of rotatable bonds is 2. The summed E-state index contributed by atoms with van der Waals surface area (Å²) in [5.41, 5.74) is 9.18. The minimum atomic E-state index is 0.223. The summed E-state index contributed by atoms with van der Waals surface area (Å²) in [4.78, 5) is 0. The molecular weight excluding hydrogens is 446 g/mol. The van der Waals surface area contributed by atoms with Gasteiger partial charge < -0.3 is 5.32 Å². The molecule has 3 bridgehead atoms. The van der Waals surface area contributed by atoms with E-state index >= 15 is 0 Å². The molecule has 2 heteroatoms. The lowest BCUT2D eigenvalue weighted by molar-refractivity contribution is -0.0820. The fourth-order valence-electron chi connectivity index (χ4n) is 10.2. The normalized spacial score (nSPS) is 34.7. The Morgan fingerprint density at radius 1 is 0.714 bits per heavy atom. The van der Waals surface area contributed by atoms with Crippen LogP contribution in [0.3, 0.4) is 0 Å². The van der Waals surface area contributed by atoms with Crippen molar-refractivity contribution in [2.75, 3.05) is 5.32 Å². The molecule has 35 heavy (non-hydrogen) atoms. The van der Waals surface area contributed by atoms with Gasteiger partial charge in [0.25, 0.3) is 0 Å². The highest BCUT2D eigenvalue weighted by atomic mass is 35.5. The van der Waals surface area contributed by atoms with E-state index in [0.717, 1.165) is 45.5 Å².